The molecule has 7 nitrogen and oxygen atoms in total. The molecule has 0 aliphatic carbocycles. The maximum atomic E-state index is 6.19. The standard InChI is InChI=1S/C23H19Cl2N7/c24-19-12-7-13-20(25)18(19)15-27-32-23-30-21(26-14-16-8-3-1-4-9-16)29-22(31-23)28-17-10-5-2-6-11-17/h1-13,15H,14H2,(H3,26,28,29,30,31,32). The lowest BCUT2D eigenvalue weighted by Crippen LogP contribution is -2.09. The third-order valence-electron chi connectivity index (χ3n) is 4.32. The minimum absolute atomic E-state index is 0.258. The first kappa shape index (κ1) is 21.5. The van der Waals surface area contributed by atoms with Crippen molar-refractivity contribution in [1.82, 2.24) is 15.0 Å². The zero-order valence-corrected chi connectivity index (χ0v) is 18.3. The first-order valence-corrected chi connectivity index (χ1v) is 10.5. The quantitative estimate of drug-likeness (QED) is 0.220. The van der Waals surface area contributed by atoms with Crippen molar-refractivity contribution in [3.8, 4) is 0 Å². The number of nitrogens with one attached hydrogen (secondary N) is 3. The highest BCUT2D eigenvalue weighted by molar-refractivity contribution is 6.38. The summed E-state index contributed by atoms with van der Waals surface area (Å²) in [5.74, 6) is 1.03. The fourth-order valence-electron chi connectivity index (χ4n) is 2.78. The van der Waals surface area contributed by atoms with E-state index in [1.54, 1.807) is 18.2 Å². The van der Waals surface area contributed by atoms with Gasteiger partial charge in [0.1, 0.15) is 0 Å². The van der Waals surface area contributed by atoms with Crippen LogP contribution in [0.4, 0.5) is 23.5 Å². The Balaban J connectivity index is 1.55. The topological polar surface area (TPSA) is 87.1 Å². The second kappa shape index (κ2) is 10.6. The number of benzene rings is 3. The van der Waals surface area contributed by atoms with E-state index in [4.69, 9.17) is 23.2 Å². The van der Waals surface area contributed by atoms with Gasteiger partial charge in [-0.3, -0.25) is 0 Å². The maximum absolute atomic E-state index is 6.19. The highest BCUT2D eigenvalue weighted by Gasteiger charge is 2.08. The van der Waals surface area contributed by atoms with Gasteiger partial charge in [0, 0.05) is 17.8 Å². The summed E-state index contributed by atoms with van der Waals surface area (Å²) in [7, 11) is 0. The third kappa shape index (κ3) is 5.94. The number of hydrazone groups is 1. The Morgan fingerprint density at radius 3 is 2.06 bits per heavy atom. The Bertz CT molecular complexity index is 1180. The lowest BCUT2D eigenvalue weighted by molar-refractivity contribution is 0.999. The van der Waals surface area contributed by atoms with Crippen LogP contribution in [0, 0.1) is 0 Å². The van der Waals surface area contributed by atoms with Gasteiger partial charge in [-0.25, -0.2) is 5.43 Å². The molecule has 160 valence electrons. The molecule has 0 unspecified atom stereocenters. The van der Waals surface area contributed by atoms with Crippen LogP contribution < -0.4 is 16.1 Å². The van der Waals surface area contributed by atoms with Crippen LogP contribution in [0.1, 0.15) is 11.1 Å². The van der Waals surface area contributed by atoms with Crippen molar-refractivity contribution in [1.29, 1.82) is 0 Å². The van der Waals surface area contributed by atoms with E-state index < -0.39 is 0 Å². The molecular formula is C23H19Cl2N7. The number of aromatic nitrogens is 3. The van der Waals surface area contributed by atoms with Crippen molar-refractivity contribution in [3.05, 3.63) is 100 Å². The highest BCUT2D eigenvalue weighted by atomic mass is 35.5. The molecule has 1 heterocycles. The van der Waals surface area contributed by atoms with Gasteiger partial charge in [0.15, 0.2) is 0 Å². The van der Waals surface area contributed by atoms with Gasteiger partial charge in [0.2, 0.25) is 17.8 Å². The van der Waals surface area contributed by atoms with Crippen molar-refractivity contribution in [3.63, 3.8) is 0 Å². The summed E-state index contributed by atoms with van der Waals surface area (Å²) in [6.45, 7) is 0.563. The molecular weight excluding hydrogens is 445 g/mol. The molecule has 1 aromatic heterocycles. The maximum Gasteiger partial charge on any atom is 0.250 e. The predicted molar refractivity (Wildman–Crippen MR) is 131 cm³/mol. The van der Waals surface area contributed by atoms with Crippen molar-refractivity contribution in [2.24, 2.45) is 5.10 Å². The molecule has 0 bridgehead atoms. The fourth-order valence-corrected chi connectivity index (χ4v) is 3.27. The van der Waals surface area contributed by atoms with Gasteiger partial charge >= 0.3 is 0 Å². The normalized spacial score (nSPS) is 10.8. The van der Waals surface area contributed by atoms with E-state index in [1.165, 1.54) is 6.21 Å². The molecule has 0 saturated heterocycles. The fraction of sp³-hybridized carbons (Fsp3) is 0.0435. The van der Waals surface area contributed by atoms with Crippen molar-refractivity contribution >= 4 is 52.9 Å². The number of para-hydroxylation sites is 1. The van der Waals surface area contributed by atoms with Crippen LogP contribution in [0.2, 0.25) is 10.0 Å². The average molecular weight is 464 g/mol. The molecule has 0 amide bonds. The average Bonchev–Trinajstić information content (AvgIpc) is 2.81. The van der Waals surface area contributed by atoms with E-state index in [0.29, 0.717) is 34.1 Å². The Morgan fingerprint density at radius 1 is 0.719 bits per heavy atom. The van der Waals surface area contributed by atoms with Gasteiger partial charge in [-0.2, -0.15) is 20.1 Å². The van der Waals surface area contributed by atoms with Gasteiger partial charge < -0.3 is 10.6 Å². The summed E-state index contributed by atoms with van der Waals surface area (Å²) < 4.78 is 0. The number of anilines is 4. The molecule has 9 heteroatoms. The first-order valence-electron chi connectivity index (χ1n) is 9.76. The Kier molecular flexibility index (Phi) is 7.12. The molecule has 4 rings (SSSR count). The van der Waals surface area contributed by atoms with Crippen LogP contribution in [0.5, 0.6) is 0 Å². The number of nitrogens with zero attached hydrogens (tertiary/aromatic N) is 4. The van der Waals surface area contributed by atoms with Crippen LogP contribution in [-0.2, 0) is 6.54 Å². The second-order valence-corrected chi connectivity index (χ2v) is 7.46. The molecule has 32 heavy (non-hydrogen) atoms. The largest absolute Gasteiger partial charge is 0.350 e. The summed E-state index contributed by atoms with van der Waals surface area (Å²) in [5, 5.41) is 11.6. The summed E-state index contributed by atoms with van der Waals surface area (Å²) in [6.07, 6.45) is 1.52. The van der Waals surface area contributed by atoms with E-state index in [2.05, 4.69) is 36.1 Å². The minimum Gasteiger partial charge on any atom is -0.350 e. The first-order chi connectivity index (χ1) is 15.7. The van der Waals surface area contributed by atoms with Crippen molar-refractivity contribution in [2.75, 3.05) is 16.1 Å². The van der Waals surface area contributed by atoms with E-state index in [0.717, 1.165) is 11.3 Å². The third-order valence-corrected chi connectivity index (χ3v) is 4.98. The summed E-state index contributed by atoms with van der Waals surface area (Å²) in [5.41, 5.74) is 5.38. The number of rotatable bonds is 8. The van der Waals surface area contributed by atoms with Crippen molar-refractivity contribution < 1.29 is 0 Å². The Morgan fingerprint density at radius 2 is 1.34 bits per heavy atom. The summed E-state index contributed by atoms with van der Waals surface area (Å²) in [4.78, 5) is 13.3. The Hall–Kier alpha value is -3.68. The lowest BCUT2D eigenvalue weighted by atomic mass is 10.2. The minimum atomic E-state index is 0.258. The molecule has 0 fully saturated rings. The second-order valence-electron chi connectivity index (χ2n) is 6.64. The lowest BCUT2D eigenvalue weighted by Gasteiger charge is -2.10. The van der Waals surface area contributed by atoms with E-state index >= 15 is 0 Å². The van der Waals surface area contributed by atoms with Gasteiger partial charge in [0.05, 0.1) is 16.3 Å². The van der Waals surface area contributed by atoms with Crippen molar-refractivity contribution in [2.45, 2.75) is 6.54 Å². The van der Waals surface area contributed by atoms with E-state index in [-0.39, 0.29) is 5.95 Å². The van der Waals surface area contributed by atoms with Gasteiger partial charge in [-0.05, 0) is 29.8 Å². The SMILES string of the molecule is Clc1cccc(Cl)c1C=NNc1nc(NCc2ccccc2)nc(Nc2ccccc2)n1. The van der Waals surface area contributed by atoms with Gasteiger partial charge in [0.25, 0.3) is 0 Å². The van der Waals surface area contributed by atoms with Gasteiger partial charge in [-0.1, -0.05) is 77.8 Å². The zero-order chi connectivity index (χ0) is 22.2. The molecule has 0 aliphatic rings. The van der Waals surface area contributed by atoms with Gasteiger partial charge in [-0.15, -0.1) is 0 Å². The number of halogens is 2. The molecule has 3 N–H and O–H groups in total. The zero-order valence-electron chi connectivity index (χ0n) is 16.8. The predicted octanol–water partition coefficient (Wildman–Crippen LogP) is 5.98. The molecule has 3 aromatic carbocycles. The summed E-state index contributed by atoms with van der Waals surface area (Å²) >= 11 is 12.4. The van der Waals surface area contributed by atoms with Crippen LogP contribution in [0.15, 0.2) is 84.0 Å². The summed E-state index contributed by atoms with van der Waals surface area (Å²) in [6, 6.07) is 24.9. The smallest absolute Gasteiger partial charge is 0.250 e. The monoisotopic (exact) mass is 463 g/mol. The molecule has 0 spiro atoms. The molecule has 0 saturated carbocycles. The molecule has 0 radical (unpaired) electrons. The molecule has 0 aliphatic heterocycles. The molecule has 0 atom stereocenters. The number of hydrogen-bond donors (Lipinski definition) is 3. The van der Waals surface area contributed by atoms with Crippen LogP contribution >= 0.6 is 23.2 Å². The molecule has 4 aromatic rings. The Labute approximate surface area is 195 Å². The van der Waals surface area contributed by atoms with Crippen LogP contribution in [0.25, 0.3) is 0 Å². The van der Waals surface area contributed by atoms with Crippen LogP contribution in [0.3, 0.4) is 0 Å². The highest BCUT2D eigenvalue weighted by Crippen LogP contribution is 2.22. The van der Waals surface area contributed by atoms with Crippen LogP contribution in [-0.4, -0.2) is 21.2 Å². The van der Waals surface area contributed by atoms with E-state index in [9.17, 15) is 0 Å². The van der Waals surface area contributed by atoms with E-state index in [1.807, 2.05) is 60.7 Å². The number of hydrogen-bond acceptors (Lipinski definition) is 7.